The topological polar surface area (TPSA) is 114 Å². The highest BCUT2D eigenvalue weighted by Gasteiger charge is 2.52. The third-order valence-corrected chi connectivity index (χ3v) is 5.10. The molecule has 30 heavy (non-hydrogen) atoms. The molecule has 9 nitrogen and oxygen atoms in total. The van der Waals surface area contributed by atoms with Gasteiger partial charge in [-0.05, 0) is 12.1 Å². The van der Waals surface area contributed by atoms with Crippen molar-refractivity contribution >= 4 is 35.6 Å². The molecule has 1 aliphatic rings. The van der Waals surface area contributed by atoms with E-state index in [1.54, 1.807) is 0 Å². The molecule has 5 atom stereocenters. The standard InChI is InChI=1S/C20H24O9S/c1-11(21)25-10-16-17(26-12(2)22)18(27-13(3)23)19(28-14(4)24)20(29-16)30-15-8-6-5-7-9-15/h5-9,16-20H,10H2,1-4H3/t16?,17-,18?,19?,20-/m0/s1. The van der Waals surface area contributed by atoms with Crippen LogP contribution in [0.3, 0.4) is 0 Å². The second-order valence-corrected chi connectivity index (χ2v) is 7.67. The number of hydrogen-bond donors (Lipinski definition) is 0. The molecule has 0 N–H and O–H groups in total. The molecule has 164 valence electrons. The number of benzene rings is 1. The highest BCUT2D eigenvalue weighted by atomic mass is 32.2. The fourth-order valence-electron chi connectivity index (χ4n) is 2.92. The van der Waals surface area contributed by atoms with E-state index in [0.717, 1.165) is 4.90 Å². The van der Waals surface area contributed by atoms with E-state index in [0.29, 0.717) is 0 Å². The minimum absolute atomic E-state index is 0.246. The average molecular weight is 440 g/mol. The smallest absolute Gasteiger partial charge is 0.303 e. The van der Waals surface area contributed by atoms with Crippen molar-refractivity contribution in [2.45, 2.75) is 62.4 Å². The van der Waals surface area contributed by atoms with Gasteiger partial charge in [0, 0.05) is 32.6 Å². The van der Waals surface area contributed by atoms with Gasteiger partial charge in [-0.2, -0.15) is 0 Å². The van der Waals surface area contributed by atoms with Crippen LogP contribution in [-0.2, 0) is 42.9 Å². The van der Waals surface area contributed by atoms with Gasteiger partial charge in [0.15, 0.2) is 18.3 Å². The van der Waals surface area contributed by atoms with Crippen molar-refractivity contribution < 1.29 is 42.9 Å². The van der Waals surface area contributed by atoms with Crippen LogP contribution < -0.4 is 0 Å². The van der Waals surface area contributed by atoms with Crippen molar-refractivity contribution in [3.8, 4) is 0 Å². The number of carbonyl (C=O) groups excluding carboxylic acids is 4. The van der Waals surface area contributed by atoms with Crippen LogP contribution in [0.25, 0.3) is 0 Å². The molecule has 0 radical (unpaired) electrons. The zero-order valence-corrected chi connectivity index (χ0v) is 17.9. The lowest BCUT2D eigenvalue weighted by Crippen LogP contribution is -2.61. The quantitative estimate of drug-likeness (QED) is 0.460. The molecule has 1 heterocycles. The van der Waals surface area contributed by atoms with E-state index < -0.39 is 53.7 Å². The molecule has 1 aromatic rings. The van der Waals surface area contributed by atoms with Gasteiger partial charge in [-0.25, -0.2) is 0 Å². The first-order valence-electron chi connectivity index (χ1n) is 9.19. The molecule has 0 aliphatic carbocycles. The molecule has 0 bridgehead atoms. The van der Waals surface area contributed by atoms with E-state index in [4.69, 9.17) is 23.7 Å². The third kappa shape index (κ3) is 7.03. The van der Waals surface area contributed by atoms with Crippen LogP contribution >= 0.6 is 11.8 Å². The summed E-state index contributed by atoms with van der Waals surface area (Å²) in [6, 6.07) is 9.16. The number of thioether (sulfide) groups is 1. The first-order valence-corrected chi connectivity index (χ1v) is 10.1. The number of ether oxygens (including phenoxy) is 5. The van der Waals surface area contributed by atoms with Crippen molar-refractivity contribution in [3.05, 3.63) is 30.3 Å². The zero-order valence-electron chi connectivity index (χ0n) is 17.1. The summed E-state index contributed by atoms with van der Waals surface area (Å²) < 4.78 is 27.2. The molecular weight excluding hydrogens is 416 g/mol. The van der Waals surface area contributed by atoms with Gasteiger partial charge in [-0.15, -0.1) is 0 Å². The summed E-state index contributed by atoms with van der Waals surface area (Å²) in [6.45, 7) is 4.56. The predicted octanol–water partition coefficient (Wildman–Crippen LogP) is 1.86. The largest absolute Gasteiger partial charge is 0.463 e. The Morgan fingerprint density at radius 2 is 1.33 bits per heavy atom. The molecule has 1 saturated heterocycles. The lowest BCUT2D eigenvalue weighted by atomic mass is 9.99. The maximum Gasteiger partial charge on any atom is 0.303 e. The van der Waals surface area contributed by atoms with Crippen molar-refractivity contribution in [2.24, 2.45) is 0 Å². The van der Waals surface area contributed by atoms with Gasteiger partial charge in [0.1, 0.15) is 18.1 Å². The molecule has 0 amide bonds. The Morgan fingerprint density at radius 3 is 1.87 bits per heavy atom. The summed E-state index contributed by atoms with van der Waals surface area (Å²) in [5.74, 6) is -2.51. The summed E-state index contributed by atoms with van der Waals surface area (Å²) in [5, 5.41) is 0. The number of esters is 4. The van der Waals surface area contributed by atoms with Crippen LogP contribution in [0.5, 0.6) is 0 Å². The molecule has 1 aliphatic heterocycles. The summed E-state index contributed by atoms with van der Waals surface area (Å²) in [6.07, 6.45) is -4.33. The molecule has 0 aromatic heterocycles. The normalized spacial score (nSPS) is 25.7. The average Bonchev–Trinajstić information content (AvgIpc) is 2.64. The van der Waals surface area contributed by atoms with Gasteiger partial charge in [-0.3, -0.25) is 19.2 Å². The first kappa shape index (κ1) is 23.7. The van der Waals surface area contributed by atoms with Gasteiger partial charge in [0.2, 0.25) is 0 Å². The summed E-state index contributed by atoms with van der Waals surface area (Å²) in [4.78, 5) is 47.3. The molecule has 2 rings (SSSR count). The zero-order chi connectivity index (χ0) is 22.3. The van der Waals surface area contributed by atoms with E-state index in [2.05, 4.69) is 0 Å². The van der Waals surface area contributed by atoms with Gasteiger partial charge in [0.25, 0.3) is 0 Å². The Kier molecular flexibility index (Phi) is 8.67. The van der Waals surface area contributed by atoms with Crippen molar-refractivity contribution in [1.29, 1.82) is 0 Å². The van der Waals surface area contributed by atoms with Gasteiger partial charge >= 0.3 is 23.9 Å². The predicted molar refractivity (Wildman–Crippen MR) is 104 cm³/mol. The molecule has 0 spiro atoms. The van der Waals surface area contributed by atoms with Crippen molar-refractivity contribution in [2.75, 3.05) is 6.61 Å². The minimum Gasteiger partial charge on any atom is -0.463 e. The number of rotatable bonds is 7. The van der Waals surface area contributed by atoms with Crippen LogP contribution in [0, 0.1) is 0 Å². The number of carbonyl (C=O) groups is 4. The molecule has 10 heteroatoms. The fraction of sp³-hybridized carbons (Fsp3) is 0.500. The minimum atomic E-state index is -1.16. The Balaban J connectivity index is 2.42. The maximum atomic E-state index is 11.8. The highest BCUT2D eigenvalue weighted by molar-refractivity contribution is 7.99. The van der Waals surface area contributed by atoms with E-state index in [9.17, 15) is 19.2 Å². The van der Waals surface area contributed by atoms with E-state index in [1.165, 1.54) is 39.5 Å². The van der Waals surface area contributed by atoms with Crippen LogP contribution in [0.2, 0.25) is 0 Å². The van der Waals surface area contributed by atoms with E-state index in [-0.39, 0.29) is 6.61 Å². The van der Waals surface area contributed by atoms with Gasteiger partial charge in [-0.1, -0.05) is 30.0 Å². The second-order valence-electron chi connectivity index (χ2n) is 6.50. The molecule has 3 unspecified atom stereocenters. The SMILES string of the molecule is CC(=O)OCC1O[C@@H](Sc2ccccc2)C(OC(C)=O)C(OC(C)=O)[C@H]1OC(C)=O. The third-order valence-electron chi connectivity index (χ3n) is 3.94. The lowest BCUT2D eigenvalue weighted by molar-refractivity contribution is -0.237. The highest BCUT2D eigenvalue weighted by Crippen LogP contribution is 2.37. The van der Waals surface area contributed by atoms with E-state index in [1.807, 2.05) is 30.3 Å². The lowest BCUT2D eigenvalue weighted by Gasteiger charge is -2.44. The fourth-order valence-corrected chi connectivity index (χ4v) is 4.04. The first-order chi connectivity index (χ1) is 14.2. The summed E-state index contributed by atoms with van der Waals surface area (Å²) in [5.41, 5.74) is -0.826. The second kappa shape index (κ2) is 11.0. The molecule has 1 fully saturated rings. The Bertz CT molecular complexity index is 767. The number of hydrogen-bond acceptors (Lipinski definition) is 10. The molecular formula is C20H24O9S. The Morgan fingerprint density at radius 1 is 0.800 bits per heavy atom. The van der Waals surface area contributed by atoms with Gasteiger partial charge < -0.3 is 23.7 Å². The van der Waals surface area contributed by atoms with Crippen LogP contribution in [-0.4, -0.2) is 60.3 Å². The van der Waals surface area contributed by atoms with Crippen LogP contribution in [0.1, 0.15) is 27.7 Å². The molecule has 0 saturated carbocycles. The van der Waals surface area contributed by atoms with E-state index >= 15 is 0 Å². The summed E-state index contributed by atoms with van der Waals surface area (Å²) in [7, 11) is 0. The Hall–Kier alpha value is -2.59. The van der Waals surface area contributed by atoms with Crippen molar-refractivity contribution in [3.63, 3.8) is 0 Å². The molecule has 1 aromatic carbocycles. The van der Waals surface area contributed by atoms with Crippen LogP contribution in [0.4, 0.5) is 0 Å². The maximum absolute atomic E-state index is 11.8. The Labute approximate surface area is 178 Å². The monoisotopic (exact) mass is 440 g/mol. The van der Waals surface area contributed by atoms with Crippen LogP contribution in [0.15, 0.2) is 35.2 Å². The van der Waals surface area contributed by atoms with Gasteiger partial charge in [0.05, 0.1) is 0 Å². The van der Waals surface area contributed by atoms with Crippen molar-refractivity contribution in [1.82, 2.24) is 0 Å². The summed E-state index contributed by atoms with van der Waals surface area (Å²) >= 11 is 1.23.